The first-order valence-corrected chi connectivity index (χ1v) is 6.47. The van der Waals surface area contributed by atoms with Crippen LogP contribution in [0.4, 0.5) is 0 Å². The zero-order chi connectivity index (χ0) is 15.0. The van der Waals surface area contributed by atoms with Gasteiger partial charge in [0, 0.05) is 12.4 Å². The summed E-state index contributed by atoms with van der Waals surface area (Å²) in [4.78, 5) is 18.9. The summed E-state index contributed by atoms with van der Waals surface area (Å²) in [6, 6.07) is 5.16. The van der Waals surface area contributed by atoms with Crippen molar-refractivity contribution in [1.29, 1.82) is 0 Å². The summed E-state index contributed by atoms with van der Waals surface area (Å²) >= 11 is 0. The van der Waals surface area contributed by atoms with Crippen molar-refractivity contribution < 1.29 is 20.1 Å². The Morgan fingerprint density at radius 3 is 2.71 bits per heavy atom. The zero-order valence-electron chi connectivity index (χ0n) is 11.0. The van der Waals surface area contributed by atoms with Gasteiger partial charge in [-0.3, -0.25) is 4.57 Å². The van der Waals surface area contributed by atoms with Crippen molar-refractivity contribution in [2.75, 3.05) is 6.61 Å². The first-order chi connectivity index (χ1) is 10.1. The molecule has 8 heteroatoms. The number of aliphatic hydroxyl groups is 3. The van der Waals surface area contributed by atoms with Crippen LogP contribution in [0.15, 0.2) is 35.4 Å². The van der Waals surface area contributed by atoms with Crippen LogP contribution in [-0.4, -0.2) is 54.8 Å². The Hall–Kier alpha value is -2.00. The van der Waals surface area contributed by atoms with Crippen molar-refractivity contribution in [1.82, 2.24) is 14.5 Å². The van der Waals surface area contributed by atoms with Gasteiger partial charge in [0.05, 0.1) is 18.0 Å². The molecule has 1 aliphatic heterocycles. The van der Waals surface area contributed by atoms with Gasteiger partial charge in [0.1, 0.15) is 18.3 Å². The summed E-state index contributed by atoms with van der Waals surface area (Å²) in [5.41, 5.74) is 0.547. The molecule has 1 aliphatic rings. The number of nitrogens with one attached hydrogen (secondary N) is 1. The van der Waals surface area contributed by atoms with Gasteiger partial charge in [0.15, 0.2) is 6.23 Å². The second-order valence-electron chi connectivity index (χ2n) is 4.82. The van der Waals surface area contributed by atoms with E-state index in [1.165, 1.54) is 6.20 Å². The molecule has 0 spiro atoms. The van der Waals surface area contributed by atoms with E-state index in [9.17, 15) is 15.0 Å². The summed E-state index contributed by atoms with van der Waals surface area (Å²) in [6.07, 6.45) is -1.41. The van der Waals surface area contributed by atoms with Crippen LogP contribution in [0.3, 0.4) is 0 Å². The summed E-state index contributed by atoms with van der Waals surface area (Å²) in [6.45, 7) is -0.447. The van der Waals surface area contributed by atoms with E-state index >= 15 is 0 Å². The molecular weight excluding hydrogens is 278 g/mol. The van der Waals surface area contributed by atoms with Crippen molar-refractivity contribution in [2.45, 2.75) is 24.5 Å². The average Bonchev–Trinajstić information content (AvgIpc) is 3.10. The van der Waals surface area contributed by atoms with E-state index in [0.29, 0.717) is 11.4 Å². The summed E-state index contributed by atoms with van der Waals surface area (Å²) < 4.78 is 6.39. The maximum Gasteiger partial charge on any atom is 0.350 e. The minimum Gasteiger partial charge on any atom is -0.394 e. The molecule has 0 aromatic carbocycles. The average molecular weight is 293 g/mol. The molecule has 0 amide bonds. The van der Waals surface area contributed by atoms with E-state index in [1.807, 2.05) is 0 Å². The molecule has 0 bridgehead atoms. The highest BCUT2D eigenvalue weighted by atomic mass is 16.6. The first-order valence-electron chi connectivity index (χ1n) is 6.47. The zero-order valence-corrected chi connectivity index (χ0v) is 11.0. The lowest BCUT2D eigenvalue weighted by Crippen LogP contribution is -2.36. The van der Waals surface area contributed by atoms with Gasteiger partial charge < -0.3 is 25.0 Å². The van der Waals surface area contributed by atoms with Crippen molar-refractivity contribution in [2.24, 2.45) is 0 Å². The van der Waals surface area contributed by atoms with Gasteiger partial charge in [-0.2, -0.15) is 4.98 Å². The molecule has 4 N–H and O–H groups in total. The maximum absolute atomic E-state index is 12.1. The summed E-state index contributed by atoms with van der Waals surface area (Å²) in [7, 11) is 0. The van der Waals surface area contributed by atoms with Crippen molar-refractivity contribution in [3.05, 3.63) is 41.1 Å². The number of H-pyrrole nitrogens is 1. The second kappa shape index (κ2) is 5.41. The van der Waals surface area contributed by atoms with Gasteiger partial charge in [-0.05, 0) is 18.2 Å². The molecular formula is C13H15N3O5. The van der Waals surface area contributed by atoms with E-state index in [4.69, 9.17) is 9.84 Å². The molecule has 3 rings (SSSR count). The fourth-order valence-corrected chi connectivity index (χ4v) is 2.36. The Balaban J connectivity index is 1.92. The van der Waals surface area contributed by atoms with Gasteiger partial charge in [0.25, 0.3) is 0 Å². The van der Waals surface area contributed by atoms with Crippen LogP contribution < -0.4 is 5.69 Å². The molecule has 4 atom stereocenters. The van der Waals surface area contributed by atoms with Crippen molar-refractivity contribution in [3.63, 3.8) is 0 Å². The van der Waals surface area contributed by atoms with Gasteiger partial charge in [-0.15, -0.1) is 0 Å². The monoisotopic (exact) mass is 293 g/mol. The third kappa shape index (κ3) is 2.38. The molecule has 8 nitrogen and oxygen atoms in total. The number of nitrogens with zero attached hydrogens (tertiary/aromatic N) is 2. The SMILES string of the molecule is O=c1nc(-c2ccc[nH]2)ccn1[C@@H]1O[C@H](CO)[C@@H](O)[C@H]1O. The number of aliphatic hydroxyl groups excluding tert-OH is 3. The molecule has 112 valence electrons. The van der Waals surface area contributed by atoms with Crippen LogP contribution in [0.2, 0.25) is 0 Å². The Bertz CT molecular complexity index is 669. The molecule has 0 saturated carbocycles. The lowest BCUT2D eigenvalue weighted by atomic mass is 10.1. The lowest BCUT2D eigenvalue weighted by molar-refractivity contribution is -0.0549. The normalized spacial score (nSPS) is 28.9. The van der Waals surface area contributed by atoms with Crippen LogP contribution >= 0.6 is 0 Å². The third-order valence-electron chi connectivity index (χ3n) is 3.50. The van der Waals surface area contributed by atoms with Gasteiger partial charge in [-0.25, -0.2) is 4.79 Å². The molecule has 0 radical (unpaired) electrons. The molecule has 21 heavy (non-hydrogen) atoms. The topological polar surface area (TPSA) is 121 Å². The Kier molecular flexibility index (Phi) is 3.60. The fraction of sp³-hybridized carbons (Fsp3) is 0.385. The number of rotatable bonds is 3. The molecule has 2 aromatic rings. The molecule has 1 saturated heterocycles. The predicted octanol–water partition coefficient (Wildman–Crippen LogP) is -1.15. The highest BCUT2D eigenvalue weighted by Crippen LogP contribution is 2.28. The minimum atomic E-state index is -1.31. The van der Waals surface area contributed by atoms with E-state index in [-0.39, 0.29) is 0 Å². The molecule has 0 unspecified atom stereocenters. The Morgan fingerprint density at radius 1 is 1.33 bits per heavy atom. The molecule has 3 heterocycles. The van der Waals surface area contributed by atoms with Crippen LogP contribution in [0, 0.1) is 0 Å². The lowest BCUT2D eigenvalue weighted by Gasteiger charge is -2.17. The fourth-order valence-electron chi connectivity index (χ4n) is 2.36. The van der Waals surface area contributed by atoms with E-state index < -0.39 is 36.8 Å². The van der Waals surface area contributed by atoms with Gasteiger partial charge in [0.2, 0.25) is 0 Å². The number of hydrogen-bond acceptors (Lipinski definition) is 6. The number of ether oxygens (including phenoxy) is 1. The Labute approximate surface area is 119 Å². The highest BCUT2D eigenvalue weighted by Gasteiger charge is 2.43. The van der Waals surface area contributed by atoms with Crippen LogP contribution in [0.1, 0.15) is 6.23 Å². The highest BCUT2D eigenvalue weighted by molar-refractivity contribution is 5.52. The smallest absolute Gasteiger partial charge is 0.350 e. The summed E-state index contributed by atoms with van der Waals surface area (Å²) in [5.74, 6) is 0. The van der Waals surface area contributed by atoms with Gasteiger partial charge >= 0.3 is 5.69 Å². The van der Waals surface area contributed by atoms with Gasteiger partial charge in [-0.1, -0.05) is 0 Å². The van der Waals surface area contributed by atoms with E-state index in [2.05, 4.69) is 9.97 Å². The van der Waals surface area contributed by atoms with Crippen LogP contribution in [-0.2, 0) is 4.74 Å². The maximum atomic E-state index is 12.1. The standard InChI is InChI=1S/C13H15N3O5/c17-6-9-10(18)11(19)12(21-9)16-5-3-8(15-13(16)20)7-2-1-4-14-7/h1-5,9-12,14,17-19H,6H2/t9-,10-,11-,12-/m1/s1. The number of hydrogen-bond donors (Lipinski definition) is 4. The van der Waals surface area contributed by atoms with E-state index in [0.717, 1.165) is 4.57 Å². The molecule has 0 aliphatic carbocycles. The molecule has 1 fully saturated rings. The number of aromatic amines is 1. The first kappa shape index (κ1) is 14.0. The quantitative estimate of drug-likeness (QED) is 0.567. The number of aromatic nitrogens is 3. The minimum absolute atomic E-state index is 0.447. The van der Waals surface area contributed by atoms with Crippen molar-refractivity contribution in [3.8, 4) is 11.4 Å². The summed E-state index contributed by atoms with van der Waals surface area (Å²) in [5, 5.41) is 28.7. The predicted molar refractivity (Wildman–Crippen MR) is 71.3 cm³/mol. The van der Waals surface area contributed by atoms with Crippen molar-refractivity contribution >= 4 is 0 Å². The largest absolute Gasteiger partial charge is 0.394 e. The second-order valence-corrected chi connectivity index (χ2v) is 4.82. The molecule has 2 aromatic heterocycles. The van der Waals surface area contributed by atoms with Crippen LogP contribution in [0.5, 0.6) is 0 Å². The third-order valence-corrected chi connectivity index (χ3v) is 3.50. The Morgan fingerprint density at radius 2 is 2.14 bits per heavy atom. The van der Waals surface area contributed by atoms with E-state index in [1.54, 1.807) is 24.4 Å². The van der Waals surface area contributed by atoms with Crippen LogP contribution in [0.25, 0.3) is 11.4 Å².